The number of hydrogen-bond acceptors (Lipinski definition) is 8. The summed E-state index contributed by atoms with van der Waals surface area (Å²) in [6.07, 6.45) is -5.25. The molecule has 4 aromatic carbocycles. The zero-order chi connectivity index (χ0) is 41.3. The third kappa shape index (κ3) is 11.3. The van der Waals surface area contributed by atoms with Crippen LogP contribution in [0.1, 0.15) is 68.2 Å². The first-order valence-electron chi connectivity index (χ1n) is 16.8. The van der Waals surface area contributed by atoms with Gasteiger partial charge in [-0.05, 0) is 42.3 Å². The van der Waals surface area contributed by atoms with Gasteiger partial charge in [0.05, 0.1) is 30.5 Å². The summed E-state index contributed by atoms with van der Waals surface area (Å²) in [6, 6.07) is 22.6. The Morgan fingerprint density at radius 2 is 1.19 bits per heavy atom. The van der Waals surface area contributed by atoms with E-state index in [9.17, 15) is 36.7 Å². The smallest absolute Gasteiger partial charge is 0.416 e. The van der Waals surface area contributed by atoms with E-state index >= 15 is 0 Å². The fourth-order valence-corrected chi connectivity index (χ4v) is 7.40. The molecule has 0 aliphatic heterocycles. The molecule has 2 aromatic heterocycles. The second kappa shape index (κ2) is 18.8. The molecular weight excluding hydrogens is 808 g/mol. The first kappa shape index (κ1) is 42.2. The van der Waals surface area contributed by atoms with Gasteiger partial charge in [-0.25, -0.2) is 14.4 Å². The van der Waals surface area contributed by atoms with Crippen LogP contribution in [0.15, 0.2) is 108 Å². The maximum absolute atomic E-state index is 14.1. The molecule has 0 saturated heterocycles. The van der Waals surface area contributed by atoms with Crippen molar-refractivity contribution in [1.29, 1.82) is 0 Å². The second-order valence-corrected chi connectivity index (χ2v) is 14.4. The maximum atomic E-state index is 14.1. The summed E-state index contributed by atoms with van der Waals surface area (Å²) < 4.78 is 52.1. The Labute approximate surface area is 335 Å². The van der Waals surface area contributed by atoms with Crippen molar-refractivity contribution in [3.8, 4) is 21.1 Å². The number of aromatic nitrogens is 2. The highest BCUT2D eigenvalue weighted by Gasteiger charge is 2.30. The molecule has 10 nitrogen and oxygen atoms in total. The topological polar surface area (TPSA) is 159 Å². The molecule has 294 valence electrons. The van der Waals surface area contributed by atoms with Gasteiger partial charge in [-0.1, -0.05) is 84.4 Å². The van der Waals surface area contributed by atoms with Crippen LogP contribution in [-0.2, 0) is 15.8 Å². The lowest BCUT2D eigenvalue weighted by Crippen LogP contribution is -2.31. The molecular formula is C40H31ClF4N4O6S2. The van der Waals surface area contributed by atoms with Crippen molar-refractivity contribution in [2.45, 2.75) is 38.0 Å². The molecule has 4 N–H and O–H groups in total. The number of aliphatic carboxylic acids is 2. The Hall–Kier alpha value is -5.97. The molecule has 0 spiro atoms. The van der Waals surface area contributed by atoms with Gasteiger partial charge in [-0.15, -0.1) is 22.7 Å². The minimum absolute atomic E-state index is 0.0253. The average Bonchev–Trinajstić information content (AvgIpc) is 3.86. The van der Waals surface area contributed by atoms with E-state index in [-0.39, 0.29) is 23.4 Å². The minimum atomic E-state index is -4.44. The summed E-state index contributed by atoms with van der Waals surface area (Å²) in [7, 11) is 0. The lowest BCUT2D eigenvalue weighted by Gasteiger charge is -2.18. The number of aryl methyl sites for hydroxylation is 1. The van der Waals surface area contributed by atoms with E-state index in [1.807, 2.05) is 31.2 Å². The molecule has 6 aromatic rings. The molecule has 0 aliphatic carbocycles. The van der Waals surface area contributed by atoms with E-state index in [0.717, 1.165) is 34.6 Å². The number of carboxylic acid groups (broad SMARTS) is 2. The van der Waals surface area contributed by atoms with Gasteiger partial charge < -0.3 is 20.8 Å². The molecule has 0 aliphatic rings. The van der Waals surface area contributed by atoms with Crippen molar-refractivity contribution < 1.29 is 47.0 Å². The summed E-state index contributed by atoms with van der Waals surface area (Å²) in [5, 5.41) is 27.9. The van der Waals surface area contributed by atoms with Gasteiger partial charge in [0.15, 0.2) is 0 Å². The first-order chi connectivity index (χ1) is 27.1. The van der Waals surface area contributed by atoms with Crippen molar-refractivity contribution in [2.75, 3.05) is 0 Å². The van der Waals surface area contributed by atoms with Crippen molar-refractivity contribution >= 4 is 58.0 Å². The van der Waals surface area contributed by atoms with E-state index in [4.69, 9.17) is 21.8 Å². The Bertz CT molecular complexity index is 2390. The lowest BCUT2D eigenvalue weighted by atomic mass is 10.0. The molecule has 2 atom stereocenters. The Balaban J connectivity index is 0.000000219. The number of amides is 2. The van der Waals surface area contributed by atoms with E-state index in [1.54, 1.807) is 35.7 Å². The first-order valence-corrected chi connectivity index (χ1v) is 18.9. The number of carbonyl (C=O) groups excluding carboxylic acids is 2. The van der Waals surface area contributed by atoms with Crippen LogP contribution in [0.2, 0.25) is 5.02 Å². The third-order valence-corrected chi connectivity index (χ3v) is 10.3. The van der Waals surface area contributed by atoms with Gasteiger partial charge in [0.1, 0.15) is 27.2 Å². The summed E-state index contributed by atoms with van der Waals surface area (Å²) in [6.45, 7) is 1.96. The van der Waals surface area contributed by atoms with Crippen molar-refractivity contribution in [2.24, 2.45) is 0 Å². The Morgan fingerprint density at radius 1 is 0.702 bits per heavy atom. The van der Waals surface area contributed by atoms with Crippen LogP contribution in [0.25, 0.3) is 21.1 Å². The Kier molecular flexibility index (Phi) is 13.9. The second-order valence-electron chi connectivity index (χ2n) is 12.3. The predicted molar refractivity (Wildman–Crippen MR) is 208 cm³/mol. The number of alkyl halides is 3. The number of carboxylic acids is 2. The predicted octanol–water partition coefficient (Wildman–Crippen LogP) is 9.63. The van der Waals surface area contributed by atoms with E-state index in [1.165, 1.54) is 47.0 Å². The fraction of sp³-hybridized carbons (Fsp3) is 0.150. The van der Waals surface area contributed by atoms with Gasteiger partial charge in [0, 0.05) is 32.5 Å². The number of nitrogens with zero attached hydrogens (tertiary/aromatic N) is 2. The molecule has 2 amide bonds. The standard InChI is InChI=1S/C20H14ClF3N2O3S.C20H17FN2O3S/c21-14-4-2-1-3-13(14)15(9-17(27)28)25-18(29)16-10-30-19(26-16)11-5-7-12(8-6-11)20(22,23)24;1-12-6-2-3-7-13(12)20-23-17(11-27-20)19(26)22-16(10-18(24)25)14-8-4-5-9-15(14)21/h1-8,10,15H,9H2,(H,25,29)(H,27,28);2-9,11,16H,10H2,1H3,(H,22,26)(H,24,25)/t15-;16-/m00/s1. The van der Waals surface area contributed by atoms with Crippen LogP contribution in [0, 0.1) is 12.7 Å². The third-order valence-electron chi connectivity index (χ3n) is 8.24. The number of nitrogens with one attached hydrogen (secondary N) is 2. The quantitative estimate of drug-likeness (QED) is 0.0888. The van der Waals surface area contributed by atoms with Gasteiger partial charge in [0.2, 0.25) is 0 Å². The number of rotatable bonds is 12. The average molecular weight is 839 g/mol. The molecule has 17 heteroatoms. The number of halogens is 5. The molecule has 0 radical (unpaired) electrons. The van der Waals surface area contributed by atoms with Crippen molar-refractivity contribution in [3.05, 3.63) is 152 Å². The Morgan fingerprint density at radius 3 is 1.74 bits per heavy atom. The monoisotopic (exact) mass is 838 g/mol. The molecule has 0 saturated carbocycles. The maximum Gasteiger partial charge on any atom is 0.416 e. The normalized spacial score (nSPS) is 12.1. The highest BCUT2D eigenvalue weighted by Crippen LogP contribution is 2.33. The molecule has 57 heavy (non-hydrogen) atoms. The molecule has 2 heterocycles. The van der Waals surface area contributed by atoms with Crippen LogP contribution in [0.4, 0.5) is 17.6 Å². The largest absolute Gasteiger partial charge is 0.481 e. The molecule has 0 fully saturated rings. The van der Waals surface area contributed by atoms with E-state index in [2.05, 4.69) is 20.6 Å². The molecule has 6 rings (SSSR count). The molecule has 0 bridgehead atoms. The van der Waals surface area contributed by atoms with Gasteiger partial charge in [0.25, 0.3) is 11.8 Å². The fourth-order valence-electron chi connectivity index (χ4n) is 5.43. The highest BCUT2D eigenvalue weighted by atomic mass is 35.5. The number of benzene rings is 4. The molecule has 0 unspecified atom stereocenters. The number of hydrogen-bond donors (Lipinski definition) is 4. The van der Waals surface area contributed by atoms with Crippen LogP contribution in [0.5, 0.6) is 0 Å². The zero-order valence-electron chi connectivity index (χ0n) is 29.6. The van der Waals surface area contributed by atoms with Crippen LogP contribution in [0.3, 0.4) is 0 Å². The van der Waals surface area contributed by atoms with Crippen LogP contribution >= 0.6 is 34.3 Å². The summed E-state index contributed by atoms with van der Waals surface area (Å²) >= 11 is 8.53. The minimum Gasteiger partial charge on any atom is -0.481 e. The summed E-state index contributed by atoms with van der Waals surface area (Å²) in [5.74, 6) is -3.98. The summed E-state index contributed by atoms with van der Waals surface area (Å²) in [5.41, 5.74) is 2.39. The lowest BCUT2D eigenvalue weighted by molar-refractivity contribution is -0.138. The van der Waals surface area contributed by atoms with Gasteiger partial charge in [-0.2, -0.15) is 13.2 Å². The van der Waals surface area contributed by atoms with Crippen molar-refractivity contribution in [1.82, 2.24) is 20.6 Å². The SMILES string of the molecule is Cc1ccccc1-c1nc(C(=O)N[C@@H](CC(=O)O)c2ccccc2F)cs1.O=C(O)C[C@H](NC(=O)c1csc(-c2ccc(C(F)(F)F)cc2)n1)c1ccccc1Cl. The van der Waals surface area contributed by atoms with Crippen molar-refractivity contribution in [3.63, 3.8) is 0 Å². The van der Waals surface area contributed by atoms with Gasteiger partial charge in [-0.3, -0.25) is 19.2 Å². The number of thiazole rings is 2. The number of carbonyl (C=O) groups is 4. The van der Waals surface area contributed by atoms with E-state index < -0.39 is 59.8 Å². The van der Waals surface area contributed by atoms with Crippen LogP contribution in [-0.4, -0.2) is 43.9 Å². The highest BCUT2D eigenvalue weighted by molar-refractivity contribution is 7.13. The summed E-state index contributed by atoms with van der Waals surface area (Å²) in [4.78, 5) is 56.1. The van der Waals surface area contributed by atoms with Crippen LogP contribution < -0.4 is 10.6 Å². The zero-order valence-corrected chi connectivity index (χ0v) is 32.0. The van der Waals surface area contributed by atoms with E-state index in [0.29, 0.717) is 26.2 Å². The van der Waals surface area contributed by atoms with Gasteiger partial charge >= 0.3 is 18.1 Å².